The smallest absolute Gasteiger partial charge is 0.257 e. The maximum Gasteiger partial charge on any atom is 0.257 e. The molecule has 0 saturated heterocycles. The maximum absolute atomic E-state index is 12.5. The van der Waals surface area contributed by atoms with Gasteiger partial charge in [-0.15, -0.1) is 0 Å². The summed E-state index contributed by atoms with van der Waals surface area (Å²) in [5.74, 6) is -0.341. The molecular formula is C20H24N4O2. The van der Waals surface area contributed by atoms with Gasteiger partial charge in [-0.3, -0.25) is 14.6 Å². The van der Waals surface area contributed by atoms with E-state index in [1.54, 1.807) is 36.7 Å². The van der Waals surface area contributed by atoms with Gasteiger partial charge in [-0.2, -0.15) is 0 Å². The Morgan fingerprint density at radius 3 is 2.23 bits per heavy atom. The second kappa shape index (κ2) is 8.47. The molecule has 136 valence electrons. The summed E-state index contributed by atoms with van der Waals surface area (Å²) in [5, 5.41) is 9.03. The van der Waals surface area contributed by atoms with Gasteiger partial charge in [0.1, 0.15) is 0 Å². The molecule has 1 fully saturated rings. The Hall–Kier alpha value is -2.89. The molecule has 2 amide bonds. The molecule has 3 rings (SSSR count). The lowest BCUT2D eigenvalue weighted by atomic mass is 9.95. The van der Waals surface area contributed by atoms with Crippen molar-refractivity contribution in [3.05, 3.63) is 48.3 Å². The zero-order valence-corrected chi connectivity index (χ0v) is 14.9. The fraction of sp³-hybridized carbons (Fsp3) is 0.350. The van der Waals surface area contributed by atoms with E-state index < -0.39 is 0 Å². The molecule has 0 aliphatic heterocycles. The Labute approximate surface area is 153 Å². The van der Waals surface area contributed by atoms with Crippen LogP contribution in [0.3, 0.4) is 0 Å². The summed E-state index contributed by atoms with van der Waals surface area (Å²) in [6.07, 6.45) is 9.45. The van der Waals surface area contributed by atoms with Gasteiger partial charge in [0.25, 0.3) is 5.91 Å². The number of anilines is 3. The molecule has 6 nitrogen and oxygen atoms in total. The van der Waals surface area contributed by atoms with Crippen LogP contribution in [0.1, 0.15) is 49.4 Å². The standard InChI is InChI=1S/C20H24N4O2/c1-14(25)22-17-7-9-18(10-8-17)24-20(26)15-11-19(13-21-12-15)23-16-5-3-2-4-6-16/h7-13,16,23H,2-6H2,1H3,(H,22,25)(H,24,26). The molecule has 1 aliphatic rings. The highest BCUT2D eigenvalue weighted by atomic mass is 16.2. The van der Waals surface area contributed by atoms with Gasteiger partial charge in [0.2, 0.25) is 5.91 Å². The lowest BCUT2D eigenvalue weighted by molar-refractivity contribution is -0.114. The van der Waals surface area contributed by atoms with Gasteiger partial charge in [0.15, 0.2) is 0 Å². The summed E-state index contributed by atoms with van der Waals surface area (Å²) >= 11 is 0. The first-order chi connectivity index (χ1) is 12.6. The second-order valence-corrected chi connectivity index (χ2v) is 6.65. The second-order valence-electron chi connectivity index (χ2n) is 6.65. The van der Waals surface area contributed by atoms with E-state index >= 15 is 0 Å². The first kappa shape index (κ1) is 17.9. The number of carbonyl (C=O) groups is 2. The van der Waals surface area contributed by atoms with Crippen LogP contribution < -0.4 is 16.0 Å². The van der Waals surface area contributed by atoms with Crippen LogP contribution >= 0.6 is 0 Å². The molecule has 1 aromatic carbocycles. The molecule has 0 spiro atoms. The maximum atomic E-state index is 12.5. The molecule has 1 aliphatic carbocycles. The number of rotatable bonds is 5. The van der Waals surface area contributed by atoms with Crippen molar-refractivity contribution in [3.63, 3.8) is 0 Å². The van der Waals surface area contributed by atoms with Crippen LogP contribution in [0.15, 0.2) is 42.7 Å². The highest BCUT2D eigenvalue weighted by Gasteiger charge is 2.14. The topological polar surface area (TPSA) is 83.1 Å². The van der Waals surface area contributed by atoms with E-state index in [-0.39, 0.29) is 11.8 Å². The minimum atomic E-state index is -0.211. The molecule has 3 N–H and O–H groups in total. The van der Waals surface area contributed by atoms with Crippen LogP contribution in [0.5, 0.6) is 0 Å². The summed E-state index contributed by atoms with van der Waals surface area (Å²) in [5.41, 5.74) is 2.74. The largest absolute Gasteiger partial charge is 0.381 e. The van der Waals surface area contributed by atoms with E-state index in [9.17, 15) is 9.59 Å². The molecule has 6 heteroatoms. The summed E-state index contributed by atoms with van der Waals surface area (Å²) in [6.45, 7) is 1.46. The Balaban J connectivity index is 1.62. The molecule has 2 aromatic rings. The van der Waals surface area contributed by atoms with Gasteiger partial charge >= 0.3 is 0 Å². The highest BCUT2D eigenvalue weighted by Crippen LogP contribution is 2.22. The van der Waals surface area contributed by atoms with Crippen LogP contribution in [0.25, 0.3) is 0 Å². The van der Waals surface area contributed by atoms with Crippen LogP contribution in [-0.2, 0) is 4.79 Å². The SMILES string of the molecule is CC(=O)Nc1ccc(NC(=O)c2cncc(NC3CCCCC3)c2)cc1. The Kier molecular flexibility index (Phi) is 5.84. The van der Waals surface area contributed by atoms with Gasteiger partial charge in [-0.05, 0) is 43.2 Å². The number of hydrogen-bond acceptors (Lipinski definition) is 4. The third-order valence-corrected chi connectivity index (χ3v) is 4.44. The number of amides is 2. The van der Waals surface area contributed by atoms with Crippen molar-refractivity contribution < 1.29 is 9.59 Å². The number of aromatic nitrogens is 1. The molecule has 0 radical (unpaired) electrons. The zero-order valence-electron chi connectivity index (χ0n) is 14.9. The van der Waals surface area contributed by atoms with Crippen molar-refractivity contribution in [2.24, 2.45) is 0 Å². The van der Waals surface area contributed by atoms with Crippen molar-refractivity contribution in [1.29, 1.82) is 0 Å². The van der Waals surface area contributed by atoms with E-state index in [1.807, 2.05) is 6.07 Å². The molecule has 26 heavy (non-hydrogen) atoms. The molecule has 1 aromatic heterocycles. The zero-order chi connectivity index (χ0) is 18.4. The number of hydrogen-bond donors (Lipinski definition) is 3. The highest BCUT2D eigenvalue weighted by molar-refractivity contribution is 6.04. The van der Waals surface area contributed by atoms with Gasteiger partial charge in [0, 0.05) is 36.7 Å². The number of benzene rings is 1. The fourth-order valence-electron chi connectivity index (χ4n) is 3.17. The predicted octanol–water partition coefficient (Wildman–Crippen LogP) is 4.04. The van der Waals surface area contributed by atoms with Crippen LogP contribution in [-0.4, -0.2) is 22.8 Å². The average molecular weight is 352 g/mol. The third-order valence-electron chi connectivity index (χ3n) is 4.44. The molecule has 1 saturated carbocycles. The fourth-order valence-corrected chi connectivity index (χ4v) is 3.17. The van der Waals surface area contributed by atoms with Gasteiger partial charge in [0.05, 0.1) is 11.3 Å². The quantitative estimate of drug-likeness (QED) is 0.758. The first-order valence-corrected chi connectivity index (χ1v) is 9.01. The van der Waals surface area contributed by atoms with Crippen molar-refractivity contribution in [1.82, 2.24) is 4.98 Å². The number of nitrogens with one attached hydrogen (secondary N) is 3. The molecule has 0 atom stereocenters. The molecular weight excluding hydrogens is 328 g/mol. The van der Waals surface area contributed by atoms with Gasteiger partial charge in [-0.1, -0.05) is 19.3 Å². The lowest BCUT2D eigenvalue weighted by Gasteiger charge is -2.23. The number of carbonyl (C=O) groups excluding carboxylic acids is 2. The van der Waals surface area contributed by atoms with E-state index in [0.29, 0.717) is 23.0 Å². The minimum absolute atomic E-state index is 0.129. The van der Waals surface area contributed by atoms with Crippen molar-refractivity contribution in [2.45, 2.75) is 45.1 Å². The molecule has 0 bridgehead atoms. The Morgan fingerprint density at radius 1 is 0.923 bits per heavy atom. The lowest BCUT2D eigenvalue weighted by Crippen LogP contribution is -2.22. The summed E-state index contributed by atoms with van der Waals surface area (Å²) in [6, 6.07) is 9.29. The van der Waals surface area contributed by atoms with E-state index in [4.69, 9.17) is 0 Å². The summed E-state index contributed by atoms with van der Waals surface area (Å²) in [7, 11) is 0. The van der Waals surface area contributed by atoms with E-state index in [0.717, 1.165) is 18.5 Å². The monoisotopic (exact) mass is 352 g/mol. The summed E-state index contributed by atoms with van der Waals surface area (Å²) < 4.78 is 0. The Bertz CT molecular complexity index is 768. The van der Waals surface area contributed by atoms with E-state index in [1.165, 1.54) is 26.2 Å². The van der Waals surface area contributed by atoms with Crippen LogP contribution in [0.4, 0.5) is 17.1 Å². The predicted molar refractivity (Wildman–Crippen MR) is 103 cm³/mol. The van der Waals surface area contributed by atoms with Gasteiger partial charge in [-0.25, -0.2) is 0 Å². The number of pyridine rings is 1. The minimum Gasteiger partial charge on any atom is -0.381 e. The van der Waals surface area contributed by atoms with Crippen LogP contribution in [0, 0.1) is 0 Å². The third kappa shape index (κ3) is 5.05. The van der Waals surface area contributed by atoms with Crippen molar-refractivity contribution in [3.8, 4) is 0 Å². The van der Waals surface area contributed by atoms with Crippen molar-refractivity contribution in [2.75, 3.05) is 16.0 Å². The van der Waals surface area contributed by atoms with Gasteiger partial charge < -0.3 is 16.0 Å². The average Bonchev–Trinajstić information content (AvgIpc) is 2.64. The van der Waals surface area contributed by atoms with Crippen LogP contribution in [0.2, 0.25) is 0 Å². The first-order valence-electron chi connectivity index (χ1n) is 9.01. The molecule has 0 unspecified atom stereocenters. The Morgan fingerprint density at radius 2 is 1.58 bits per heavy atom. The number of nitrogens with zero attached hydrogens (tertiary/aromatic N) is 1. The normalized spacial score (nSPS) is 14.5. The molecule has 1 heterocycles. The summed E-state index contributed by atoms with van der Waals surface area (Å²) in [4.78, 5) is 27.7. The van der Waals surface area contributed by atoms with Crippen molar-refractivity contribution >= 4 is 28.9 Å². The van der Waals surface area contributed by atoms with E-state index in [2.05, 4.69) is 20.9 Å².